The molecule has 0 aromatic heterocycles. The Morgan fingerprint density at radius 1 is 1.15 bits per heavy atom. The van der Waals surface area contributed by atoms with E-state index in [9.17, 15) is 0 Å². The minimum absolute atomic E-state index is 0.341. The van der Waals surface area contributed by atoms with Gasteiger partial charge in [-0.1, -0.05) is 24.3 Å². The van der Waals surface area contributed by atoms with Gasteiger partial charge in [-0.2, -0.15) is 0 Å². The van der Waals surface area contributed by atoms with Crippen molar-refractivity contribution < 1.29 is 4.74 Å². The molecular formula is C17H20INO. The molecule has 2 rings (SSSR count). The van der Waals surface area contributed by atoms with E-state index in [0.717, 1.165) is 12.3 Å². The molecule has 0 aliphatic heterocycles. The van der Waals surface area contributed by atoms with Crippen LogP contribution in [0.4, 0.5) is 0 Å². The Balaban J connectivity index is 1.74. The number of rotatable bonds is 6. The van der Waals surface area contributed by atoms with E-state index in [0.29, 0.717) is 12.6 Å². The summed E-state index contributed by atoms with van der Waals surface area (Å²) in [5, 5.41) is 3.48. The number of ether oxygens (including phenoxy) is 1. The highest BCUT2D eigenvalue weighted by atomic mass is 127. The van der Waals surface area contributed by atoms with Crippen molar-refractivity contribution in [2.75, 3.05) is 13.2 Å². The molecule has 0 aliphatic carbocycles. The van der Waals surface area contributed by atoms with Crippen LogP contribution >= 0.6 is 22.6 Å². The van der Waals surface area contributed by atoms with Crippen LogP contribution in [-0.4, -0.2) is 13.2 Å². The van der Waals surface area contributed by atoms with Crippen molar-refractivity contribution in [3.8, 4) is 5.75 Å². The van der Waals surface area contributed by atoms with Crippen LogP contribution in [0.5, 0.6) is 5.75 Å². The van der Waals surface area contributed by atoms with Gasteiger partial charge in [-0.3, -0.25) is 0 Å². The molecule has 0 heterocycles. The third-order valence-electron chi connectivity index (χ3n) is 3.18. The second kappa shape index (κ2) is 7.64. The molecule has 0 radical (unpaired) electrons. The number of nitrogens with one attached hydrogen (secondary N) is 1. The summed E-state index contributed by atoms with van der Waals surface area (Å²) in [4.78, 5) is 0. The van der Waals surface area contributed by atoms with E-state index >= 15 is 0 Å². The Kier molecular flexibility index (Phi) is 5.86. The first-order valence-electron chi connectivity index (χ1n) is 6.83. The molecule has 0 spiro atoms. The minimum Gasteiger partial charge on any atom is -0.492 e. The number of hydrogen-bond acceptors (Lipinski definition) is 2. The predicted octanol–water partition coefficient (Wildman–Crippen LogP) is 4.33. The molecule has 0 saturated heterocycles. The highest BCUT2D eigenvalue weighted by Gasteiger charge is 2.04. The van der Waals surface area contributed by atoms with Gasteiger partial charge in [0.2, 0.25) is 0 Å². The van der Waals surface area contributed by atoms with E-state index in [1.54, 1.807) is 0 Å². The van der Waals surface area contributed by atoms with Crippen molar-refractivity contribution >= 4 is 22.6 Å². The predicted molar refractivity (Wildman–Crippen MR) is 92.3 cm³/mol. The summed E-state index contributed by atoms with van der Waals surface area (Å²) in [5.41, 5.74) is 2.53. The van der Waals surface area contributed by atoms with Crippen molar-refractivity contribution in [2.24, 2.45) is 0 Å². The maximum Gasteiger partial charge on any atom is 0.119 e. The van der Waals surface area contributed by atoms with Crippen LogP contribution in [0.25, 0.3) is 0 Å². The maximum atomic E-state index is 5.73. The Labute approximate surface area is 134 Å². The van der Waals surface area contributed by atoms with E-state index in [1.165, 1.54) is 14.7 Å². The van der Waals surface area contributed by atoms with E-state index in [4.69, 9.17) is 4.74 Å². The first-order chi connectivity index (χ1) is 9.65. The van der Waals surface area contributed by atoms with E-state index in [1.807, 2.05) is 12.1 Å². The Bertz CT molecular complexity index is 539. The lowest BCUT2D eigenvalue weighted by Gasteiger charge is -2.15. The molecule has 0 fully saturated rings. The van der Waals surface area contributed by atoms with Gasteiger partial charge in [-0.25, -0.2) is 0 Å². The lowest BCUT2D eigenvalue weighted by Crippen LogP contribution is -2.24. The number of benzene rings is 2. The standard InChI is InChI=1S/C17H20INO/c1-13-4-3-5-17(12-13)20-11-10-19-14(2)15-6-8-16(18)9-7-15/h3-9,12,14,19H,10-11H2,1-2H3. The summed E-state index contributed by atoms with van der Waals surface area (Å²) < 4.78 is 6.99. The van der Waals surface area contributed by atoms with Crippen molar-refractivity contribution in [3.63, 3.8) is 0 Å². The van der Waals surface area contributed by atoms with Crippen molar-refractivity contribution in [1.82, 2.24) is 5.32 Å². The molecular weight excluding hydrogens is 361 g/mol. The van der Waals surface area contributed by atoms with E-state index in [2.05, 4.69) is 78.2 Å². The summed E-state index contributed by atoms with van der Waals surface area (Å²) in [6.07, 6.45) is 0. The maximum absolute atomic E-state index is 5.73. The van der Waals surface area contributed by atoms with Crippen LogP contribution in [-0.2, 0) is 0 Å². The minimum atomic E-state index is 0.341. The molecule has 1 atom stereocenters. The van der Waals surface area contributed by atoms with Crippen LogP contribution in [0.3, 0.4) is 0 Å². The zero-order valence-electron chi connectivity index (χ0n) is 11.9. The molecule has 0 saturated carbocycles. The Hall–Kier alpha value is -1.07. The topological polar surface area (TPSA) is 21.3 Å². The second-order valence-electron chi connectivity index (χ2n) is 4.89. The smallest absolute Gasteiger partial charge is 0.119 e. The van der Waals surface area contributed by atoms with Crippen molar-refractivity contribution in [1.29, 1.82) is 0 Å². The summed E-state index contributed by atoms with van der Waals surface area (Å²) in [6, 6.07) is 17.1. The average molecular weight is 381 g/mol. The molecule has 0 aliphatic rings. The molecule has 106 valence electrons. The fourth-order valence-corrected chi connectivity index (χ4v) is 2.38. The van der Waals surface area contributed by atoms with Gasteiger partial charge in [0.25, 0.3) is 0 Å². The monoisotopic (exact) mass is 381 g/mol. The van der Waals surface area contributed by atoms with Crippen molar-refractivity contribution in [2.45, 2.75) is 19.9 Å². The van der Waals surface area contributed by atoms with Crippen LogP contribution in [0, 0.1) is 10.5 Å². The Morgan fingerprint density at radius 3 is 2.60 bits per heavy atom. The zero-order valence-corrected chi connectivity index (χ0v) is 14.1. The van der Waals surface area contributed by atoms with Gasteiger partial charge < -0.3 is 10.1 Å². The van der Waals surface area contributed by atoms with E-state index < -0.39 is 0 Å². The fourth-order valence-electron chi connectivity index (χ4n) is 2.02. The number of hydrogen-bond donors (Lipinski definition) is 1. The SMILES string of the molecule is Cc1cccc(OCCNC(C)c2ccc(I)cc2)c1. The van der Waals surface area contributed by atoms with Gasteiger partial charge in [0.15, 0.2) is 0 Å². The van der Waals surface area contributed by atoms with E-state index in [-0.39, 0.29) is 0 Å². The molecule has 20 heavy (non-hydrogen) atoms. The average Bonchev–Trinajstić information content (AvgIpc) is 2.44. The number of halogens is 1. The highest BCUT2D eigenvalue weighted by Crippen LogP contribution is 2.15. The zero-order chi connectivity index (χ0) is 14.4. The van der Waals surface area contributed by atoms with Crippen LogP contribution in [0.2, 0.25) is 0 Å². The highest BCUT2D eigenvalue weighted by molar-refractivity contribution is 14.1. The molecule has 0 amide bonds. The van der Waals surface area contributed by atoms with Crippen LogP contribution in [0.1, 0.15) is 24.1 Å². The first kappa shape index (κ1) is 15.3. The first-order valence-corrected chi connectivity index (χ1v) is 7.91. The largest absolute Gasteiger partial charge is 0.492 e. The summed E-state index contributed by atoms with van der Waals surface area (Å²) in [7, 11) is 0. The van der Waals surface area contributed by atoms with Gasteiger partial charge >= 0.3 is 0 Å². The normalized spacial score (nSPS) is 12.2. The molecule has 0 bridgehead atoms. The fraction of sp³-hybridized carbons (Fsp3) is 0.294. The third-order valence-corrected chi connectivity index (χ3v) is 3.90. The lowest BCUT2D eigenvalue weighted by molar-refractivity contribution is 0.307. The third kappa shape index (κ3) is 4.80. The number of aryl methyl sites for hydroxylation is 1. The van der Waals surface area contributed by atoms with Crippen molar-refractivity contribution in [3.05, 3.63) is 63.2 Å². The molecule has 2 nitrogen and oxygen atoms in total. The molecule has 2 aromatic carbocycles. The van der Waals surface area contributed by atoms with Crippen LogP contribution in [0.15, 0.2) is 48.5 Å². The lowest BCUT2D eigenvalue weighted by atomic mass is 10.1. The van der Waals surface area contributed by atoms with Gasteiger partial charge in [0, 0.05) is 16.2 Å². The molecule has 1 N–H and O–H groups in total. The van der Waals surface area contributed by atoms with Gasteiger partial charge in [-0.15, -0.1) is 0 Å². The van der Waals surface area contributed by atoms with Gasteiger partial charge in [-0.05, 0) is 71.8 Å². The van der Waals surface area contributed by atoms with Gasteiger partial charge in [0.1, 0.15) is 12.4 Å². The molecule has 3 heteroatoms. The Morgan fingerprint density at radius 2 is 1.90 bits per heavy atom. The molecule has 1 unspecified atom stereocenters. The summed E-state index contributed by atoms with van der Waals surface area (Å²) >= 11 is 2.32. The van der Waals surface area contributed by atoms with Gasteiger partial charge in [0.05, 0.1) is 0 Å². The summed E-state index contributed by atoms with van der Waals surface area (Å²) in [5.74, 6) is 0.939. The molecule has 2 aromatic rings. The quantitative estimate of drug-likeness (QED) is 0.594. The summed E-state index contributed by atoms with van der Waals surface area (Å²) in [6.45, 7) is 5.76. The second-order valence-corrected chi connectivity index (χ2v) is 6.14. The van der Waals surface area contributed by atoms with Crippen LogP contribution < -0.4 is 10.1 Å².